The molecule has 0 saturated carbocycles. The standard InChI is InChI=1S/C19H16ClFN2O/c1-2-23(12-13-4-3-5-16(21)10-13)19(24)15-6-8-17-14(11-15)7-9-18(20)22-17/h3-11H,2,12H2,1H3. The van der Waals surface area contributed by atoms with Crippen LogP contribution in [-0.4, -0.2) is 22.3 Å². The average Bonchev–Trinajstić information content (AvgIpc) is 2.58. The van der Waals surface area contributed by atoms with Crippen LogP contribution in [-0.2, 0) is 6.54 Å². The van der Waals surface area contributed by atoms with Gasteiger partial charge in [-0.25, -0.2) is 9.37 Å². The fourth-order valence-electron chi connectivity index (χ4n) is 2.60. The second kappa shape index (κ2) is 6.97. The van der Waals surface area contributed by atoms with Crippen molar-refractivity contribution in [1.29, 1.82) is 0 Å². The summed E-state index contributed by atoms with van der Waals surface area (Å²) < 4.78 is 13.3. The molecule has 0 spiro atoms. The largest absolute Gasteiger partial charge is 0.335 e. The van der Waals surface area contributed by atoms with E-state index in [1.54, 1.807) is 35.2 Å². The molecule has 2 aromatic carbocycles. The molecule has 3 rings (SSSR count). The summed E-state index contributed by atoms with van der Waals surface area (Å²) in [6, 6.07) is 15.2. The molecule has 1 heterocycles. The van der Waals surface area contributed by atoms with E-state index in [2.05, 4.69) is 4.98 Å². The molecule has 0 aliphatic heterocycles. The third-order valence-electron chi connectivity index (χ3n) is 3.83. The summed E-state index contributed by atoms with van der Waals surface area (Å²) in [6.45, 7) is 2.80. The van der Waals surface area contributed by atoms with Gasteiger partial charge in [0.15, 0.2) is 0 Å². The van der Waals surface area contributed by atoms with Gasteiger partial charge in [-0.1, -0.05) is 23.7 Å². The van der Waals surface area contributed by atoms with Crippen LogP contribution in [0.2, 0.25) is 5.15 Å². The summed E-state index contributed by atoms with van der Waals surface area (Å²) in [6.07, 6.45) is 0. The average molecular weight is 343 g/mol. The Morgan fingerprint density at radius 3 is 2.75 bits per heavy atom. The molecule has 0 fully saturated rings. The molecule has 0 saturated heterocycles. The highest BCUT2D eigenvalue weighted by molar-refractivity contribution is 6.29. The van der Waals surface area contributed by atoms with E-state index in [1.165, 1.54) is 12.1 Å². The first-order valence-corrected chi connectivity index (χ1v) is 8.04. The van der Waals surface area contributed by atoms with Gasteiger partial charge in [0.05, 0.1) is 5.52 Å². The molecule has 0 aliphatic carbocycles. The number of nitrogens with zero attached hydrogens (tertiary/aromatic N) is 2. The summed E-state index contributed by atoms with van der Waals surface area (Å²) in [4.78, 5) is 18.7. The molecule has 3 nitrogen and oxygen atoms in total. The Hall–Kier alpha value is -2.46. The Balaban J connectivity index is 1.86. The number of carbonyl (C=O) groups excluding carboxylic acids is 1. The minimum Gasteiger partial charge on any atom is -0.335 e. The molecule has 24 heavy (non-hydrogen) atoms. The molecule has 0 unspecified atom stereocenters. The first-order chi connectivity index (χ1) is 11.6. The van der Waals surface area contributed by atoms with Crippen LogP contribution in [0.1, 0.15) is 22.8 Å². The molecular formula is C19H16ClFN2O. The third kappa shape index (κ3) is 3.54. The van der Waals surface area contributed by atoms with Gasteiger partial charge in [0.25, 0.3) is 5.91 Å². The highest BCUT2D eigenvalue weighted by Crippen LogP contribution is 2.19. The lowest BCUT2D eigenvalue weighted by molar-refractivity contribution is 0.0752. The molecule has 122 valence electrons. The van der Waals surface area contributed by atoms with Crippen LogP contribution in [0.25, 0.3) is 10.9 Å². The number of fused-ring (bicyclic) bond motifs is 1. The zero-order valence-electron chi connectivity index (χ0n) is 13.2. The Bertz CT molecular complexity index is 897. The zero-order valence-corrected chi connectivity index (χ0v) is 13.9. The van der Waals surface area contributed by atoms with Crippen LogP contribution in [0, 0.1) is 5.82 Å². The number of rotatable bonds is 4. The van der Waals surface area contributed by atoms with Gasteiger partial charge in [-0.3, -0.25) is 4.79 Å². The van der Waals surface area contributed by atoms with Gasteiger partial charge in [0.2, 0.25) is 0 Å². The maximum Gasteiger partial charge on any atom is 0.254 e. The van der Waals surface area contributed by atoms with Crippen molar-refractivity contribution in [2.75, 3.05) is 6.54 Å². The third-order valence-corrected chi connectivity index (χ3v) is 4.04. The quantitative estimate of drug-likeness (QED) is 0.644. The van der Waals surface area contributed by atoms with Gasteiger partial charge in [0.1, 0.15) is 11.0 Å². The molecule has 5 heteroatoms. The van der Waals surface area contributed by atoms with Crippen molar-refractivity contribution in [3.05, 3.63) is 76.7 Å². The fraction of sp³-hybridized carbons (Fsp3) is 0.158. The topological polar surface area (TPSA) is 33.2 Å². The van der Waals surface area contributed by atoms with E-state index in [0.29, 0.717) is 23.8 Å². The van der Waals surface area contributed by atoms with Crippen molar-refractivity contribution in [2.24, 2.45) is 0 Å². The SMILES string of the molecule is CCN(Cc1cccc(F)c1)C(=O)c1ccc2nc(Cl)ccc2c1. The Morgan fingerprint density at radius 2 is 2.00 bits per heavy atom. The second-order valence-electron chi connectivity index (χ2n) is 5.49. The number of halogens is 2. The maximum atomic E-state index is 13.3. The van der Waals surface area contributed by atoms with Gasteiger partial charge in [-0.05, 0) is 55.0 Å². The number of benzene rings is 2. The molecular weight excluding hydrogens is 327 g/mol. The van der Waals surface area contributed by atoms with E-state index in [1.807, 2.05) is 19.1 Å². The van der Waals surface area contributed by atoms with Gasteiger partial charge >= 0.3 is 0 Å². The van der Waals surface area contributed by atoms with Crippen LogP contribution >= 0.6 is 11.6 Å². The first kappa shape index (κ1) is 16.4. The molecule has 0 radical (unpaired) electrons. The number of hydrogen-bond acceptors (Lipinski definition) is 2. The van der Waals surface area contributed by atoms with Crippen molar-refractivity contribution in [3.63, 3.8) is 0 Å². The smallest absolute Gasteiger partial charge is 0.254 e. The van der Waals surface area contributed by atoms with E-state index < -0.39 is 0 Å². The number of pyridine rings is 1. The van der Waals surface area contributed by atoms with Crippen molar-refractivity contribution < 1.29 is 9.18 Å². The maximum absolute atomic E-state index is 13.3. The lowest BCUT2D eigenvalue weighted by Gasteiger charge is -2.21. The zero-order chi connectivity index (χ0) is 17.1. The summed E-state index contributed by atoms with van der Waals surface area (Å²) in [5.41, 5.74) is 2.08. The van der Waals surface area contributed by atoms with Gasteiger partial charge in [-0.2, -0.15) is 0 Å². The Kier molecular flexibility index (Phi) is 4.76. The van der Waals surface area contributed by atoms with E-state index in [4.69, 9.17) is 11.6 Å². The minimum atomic E-state index is -0.301. The van der Waals surface area contributed by atoms with Crippen molar-refractivity contribution in [3.8, 4) is 0 Å². The highest BCUT2D eigenvalue weighted by atomic mass is 35.5. The van der Waals surface area contributed by atoms with Gasteiger partial charge in [0, 0.05) is 24.0 Å². The summed E-state index contributed by atoms with van der Waals surface area (Å²) in [5, 5.41) is 1.27. The van der Waals surface area contributed by atoms with E-state index in [0.717, 1.165) is 16.5 Å². The van der Waals surface area contributed by atoms with Crippen LogP contribution in [0.15, 0.2) is 54.6 Å². The molecule has 0 N–H and O–H groups in total. The van der Waals surface area contributed by atoms with Crippen molar-refractivity contribution in [2.45, 2.75) is 13.5 Å². The molecule has 3 aromatic rings. The predicted molar refractivity (Wildman–Crippen MR) is 93.6 cm³/mol. The van der Waals surface area contributed by atoms with E-state index in [9.17, 15) is 9.18 Å². The van der Waals surface area contributed by atoms with Crippen LogP contribution in [0.5, 0.6) is 0 Å². The fourth-order valence-corrected chi connectivity index (χ4v) is 2.75. The van der Waals surface area contributed by atoms with Crippen molar-refractivity contribution >= 4 is 28.4 Å². The van der Waals surface area contributed by atoms with E-state index in [-0.39, 0.29) is 11.7 Å². The summed E-state index contributed by atoms with van der Waals surface area (Å²) in [5.74, 6) is -0.400. The van der Waals surface area contributed by atoms with Crippen LogP contribution in [0.3, 0.4) is 0 Å². The predicted octanol–water partition coefficient (Wildman–Crippen LogP) is 4.69. The molecule has 1 amide bonds. The van der Waals surface area contributed by atoms with Crippen LogP contribution < -0.4 is 0 Å². The number of amides is 1. The van der Waals surface area contributed by atoms with Gasteiger partial charge in [-0.15, -0.1) is 0 Å². The second-order valence-corrected chi connectivity index (χ2v) is 5.88. The monoisotopic (exact) mass is 342 g/mol. The minimum absolute atomic E-state index is 0.0985. The summed E-state index contributed by atoms with van der Waals surface area (Å²) >= 11 is 5.88. The van der Waals surface area contributed by atoms with E-state index >= 15 is 0 Å². The molecule has 0 bridgehead atoms. The normalized spacial score (nSPS) is 10.8. The van der Waals surface area contributed by atoms with Crippen LogP contribution in [0.4, 0.5) is 4.39 Å². The van der Waals surface area contributed by atoms with Crippen molar-refractivity contribution in [1.82, 2.24) is 9.88 Å². The van der Waals surface area contributed by atoms with Gasteiger partial charge < -0.3 is 4.90 Å². The lowest BCUT2D eigenvalue weighted by Crippen LogP contribution is -2.30. The first-order valence-electron chi connectivity index (χ1n) is 7.67. The molecule has 0 atom stereocenters. The highest BCUT2D eigenvalue weighted by Gasteiger charge is 2.15. The molecule has 0 aliphatic rings. The molecule has 1 aromatic heterocycles. The lowest BCUT2D eigenvalue weighted by atomic mass is 10.1. The number of hydrogen-bond donors (Lipinski definition) is 0. The number of aromatic nitrogens is 1. The Labute approximate surface area is 144 Å². The number of carbonyl (C=O) groups is 1. The summed E-state index contributed by atoms with van der Waals surface area (Å²) in [7, 11) is 0. The Morgan fingerprint density at radius 1 is 1.17 bits per heavy atom.